The van der Waals surface area contributed by atoms with Crippen LogP contribution in [0.2, 0.25) is 0 Å². The molecule has 0 spiro atoms. The summed E-state index contributed by atoms with van der Waals surface area (Å²) in [6, 6.07) is 9.69. The fourth-order valence-electron chi connectivity index (χ4n) is 0.645. The van der Waals surface area contributed by atoms with Crippen LogP contribution in [0.4, 0.5) is 5.69 Å². The van der Waals surface area contributed by atoms with Gasteiger partial charge in [0, 0.05) is 0 Å². The second-order valence-electron chi connectivity index (χ2n) is 1.82. The van der Waals surface area contributed by atoms with Crippen LogP contribution in [0.1, 0.15) is 0 Å². The van der Waals surface area contributed by atoms with E-state index in [1.807, 2.05) is 30.3 Å². The molecule has 1 rings (SSSR count). The van der Waals surface area contributed by atoms with Crippen molar-refractivity contribution >= 4 is 5.69 Å². The van der Waals surface area contributed by atoms with Crippen LogP contribution in [0.5, 0.6) is 0 Å². The Morgan fingerprint density at radius 2 is 1.73 bits per heavy atom. The Labute approximate surface area is 73.2 Å². The first-order valence-electron chi connectivity index (χ1n) is 3.07. The zero-order valence-corrected chi connectivity index (χ0v) is 6.69. The molecule has 1 aromatic rings. The summed E-state index contributed by atoms with van der Waals surface area (Å²) >= 11 is 4.14. The van der Waals surface area contributed by atoms with Crippen LogP contribution in [0.3, 0.4) is 0 Å². The molecule has 1 aromatic carbocycles. The Morgan fingerprint density at radius 1 is 1.00 bits per heavy atom. The first-order chi connectivity index (χ1) is 5.43. The van der Waals surface area contributed by atoms with Crippen LogP contribution in [-0.2, 0) is 15.7 Å². The van der Waals surface area contributed by atoms with Crippen LogP contribution in [0.25, 0.3) is 0 Å². The van der Waals surface area contributed by atoms with Gasteiger partial charge in [-0.1, -0.05) is 0 Å². The quantitative estimate of drug-likeness (QED) is 0.312. The molecule has 0 unspecified atom stereocenters. The molecule has 11 heavy (non-hydrogen) atoms. The fourth-order valence-corrected chi connectivity index (χ4v) is 0.706. The summed E-state index contributed by atoms with van der Waals surface area (Å²) < 4.78 is 2.34. The summed E-state index contributed by atoms with van der Waals surface area (Å²) in [5.74, 6) is 0. The number of hydrogen-bond donors (Lipinski definition) is 4. The molecule has 63 valence electrons. The summed E-state index contributed by atoms with van der Waals surface area (Å²) in [6.07, 6.45) is 0. The first kappa shape index (κ1) is 8.49. The van der Waals surface area contributed by atoms with Gasteiger partial charge in [-0.15, -0.1) is 0 Å². The van der Waals surface area contributed by atoms with Gasteiger partial charge in [0.05, 0.1) is 0 Å². The third-order valence-corrected chi connectivity index (χ3v) is 1.21. The molecule has 5 heteroatoms. The van der Waals surface area contributed by atoms with E-state index in [1.165, 1.54) is 0 Å². The molecular weight excluding hydrogens is 187 g/mol. The van der Waals surface area contributed by atoms with E-state index in [9.17, 15) is 0 Å². The van der Waals surface area contributed by atoms with Crippen LogP contribution < -0.4 is 21.0 Å². The van der Waals surface area contributed by atoms with E-state index in [0.717, 1.165) is 5.69 Å². The van der Waals surface area contributed by atoms with E-state index in [4.69, 9.17) is 0 Å². The average Bonchev–Trinajstić information content (AvgIpc) is 2.07. The van der Waals surface area contributed by atoms with Crippen molar-refractivity contribution in [2.24, 2.45) is 0 Å². The predicted octanol–water partition coefficient (Wildman–Crippen LogP) is 0.0741. The molecule has 4 nitrogen and oxygen atoms in total. The van der Waals surface area contributed by atoms with Gasteiger partial charge in [-0.2, -0.15) is 0 Å². The van der Waals surface area contributed by atoms with E-state index >= 15 is 0 Å². The van der Waals surface area contributed by atoms with Gasteiger partial charge >= 0.3 is 72.7 Å². The Hall–Kier alpha value is -0.606. The van der Waals surface area contributed by atoms with E-state index in [0.29, 0.717) is 0 Å². The van der Waals surface area contributed by atoms with Gasteiger partial charge in [-0.05, 0) is 0 Å². The van der Waals surface area contributed by atoms with Gasteiger partial charge in [0.1, 0.15) is 0 Å². The molecule has 0 heterocycles. The van der Waals surface area contributed by atoms with Crippen molar-refractivity contribution in [2.75, 3.05) is 5.43 Å². The molecule has 0 atom stereocenters. The molecule has 0 aromatic heterocycles. The molecular formula is C6H9N4Ni. The van der Waals surface area contributed by atoms with Crippen LogP contribution in [0, 0.1) is 0 Å². The Balaban J connectivity index is 2.28. The molecule has 0 aliphatic carbocycles. The predicted molar refractivity (Wildman–Crippen MR) is 39.5 cm³/mol. The standard InChI is InChI=1S/C6H9N4.Ni/c7-9-10-8-6-4-2-1-3-5-6;/h1-5,7-10H;/q-1;+1. The van der Waals surface area contributed by atoms with Crippen molar-refractivity contribution < 1.29 is 15.7 Å². The van der Waals surface area contributed by atoms with Crippen molar-refractivity contribution in [1.29, 1.82) is 0 Å². The van der Waals surface area contributed by atoms with Crippen LogP contribution in [-0.4, -0.2) is 0 Å². The number of benzene rings is 1. The van der Waals surface area contributed by atoms with Crippen LogP contribution >= 0.6 is 0 Å². The SMILES string of the molecule is [Ni][NH]NNNc1ccccc1. The summed E-state index contributed by atoms with van der Waals surface area (Å²) in [5.41, 5.74) is 9.00. The second-order valence-corrected chi connectivity index (χ2v) is 2.07. The zero-order chi connectivity index (χ0) is 7.94. The summed E-state index contributed by atoms with van der Waals surface area (Å²) in [5, 5.41) is 0. The zero-order valence-electron chi connectivity index (χ0n) is 5.70. The van der Waals surface area contributed by atoms with Gasteiger partial charge in [0.2, 0.25) is 0 Å². The molecule has 0 saturated carbocycles. The minimum atomic E-state index is 0.968. The number of nitrogens with one attached hydrogen (secondary N) is 4. The third kappa shape index (κ3) is 3.34. The average molecular weight is 196 g/mol. The maximum absolute atomic E-state index is 4.14. The fraction of sp³-hybridized carbons (Fsp3) is 0. The number of hydrogen-bond acceptors (Lipinski definition) is 4. The summed E-state index contributed by atoms with van der Waals surface area (Å²) in [6.45, 7) is 0. The monoisotopic (exact) mass is 195 g/mol. The van der Waals surface area contributed by atoms with Crippen molar-refractivity contribution in [3.05, 3.63) is 30.3 Å². The van der Waals surface area contributed by atoms with Crippen molar-refractivity contribution in [1.82, 2.24) is 15.6 Å². The maximum atomic E-state index is 4.14. The van der Waals surface area contributed by atoms with E-state index in [2.05, 4.69) is 36.7 Å². The van der Waals surface area contributed by atoms with Crippen LogP contribution in [0.15, 0.2) is 30.3 Å². The minimum absolute atomic E-state index is 0.968. The first-order valence-corrected chi connectivity index (χ1v) is 3.56. The molecule has 0 fully saturated rings. The topological polar surface area (TPSA) is 48.1 Å². The van der Waals surface area contributed by atoms with Gasteiger partial charge in [-0.25, -0.2) is 0 Å². The molecule has 0 bridgehead atoms. The van der Waals surface area contributed by atoms with Gasteiger partial charge in [0.25, 0.3) is 0 Å². The molecule has 0 aliphatic rings. The number of hydrazine groups is 3. The van der Waals surface area contributed by atoms with Gasteiger partial charge in [0.15, 0.2) is 0 Å². The van der Waals surface area contributed by atoms with E-state index in [-0.39, 0.29) is 0 Å². The van der Waals surface area contributed by atoms with Gasteiger partial charge in [-0.3, -0.25) is 0 Å². The Morgan fingerprint density at radius 3 is 2.36 bits per heavy atom. The summed E-state index contributed by atoms with van der Waals surface area (Å²) in [7, 11) is 0. The van der Waals surface area contributed by atoms with E-state index in [1.54, 1.807) is 0 Å². The molecule has 0 aliphatic heterocycles. The number of rotatable bonds is 4. The van der Waals surface area contributed by atoms with Crippen molar-refractivity contribution in [3.8, 4) is 0 Å². The number of para-hydroxylation sites is 1. The van der Waals surface area contributed by atoms with Crippen molar-refractivity contribution in [2.45, 2.75) is 0 Å². The van der Waals surface area contributed by atoms with Crippen molar-refractivity contribution in [3.63, 3.8) is 0 Å². The third-order valence-electron chi connectivity index (χ3n) is 1.08. The normalized spacial score (nSPS) is 9.64. The Kier molecular flexibility index (Phi) is 3.93. The second kappa shape index (κ2) is 5.10. The molecule has 4 N–H and O–H groups in total. The molecule has 0 radical (unpaired) electrons. The number of anilines is 1. The molecule has 0 saturated heterocycles. The molecule has 0 amide bonds. The van der Waals surface area contributed by atoms with Gasteiger partial charge < -0.3 is 0 Å². The summed E-state index contributed by atoms with van der Waals surface area (Å²) in [4.78, 5) is 0. The van der Waals surface area contributed by atoms with E-state index < -0.39 is 0 Å². The Bertz CT molecular complexity index is 191.